The molecule has 0 aromatic heterocycles. The minimum atomic E-state index is -4.41. The van der Waals surface area contributed by atoms with E-state index in [9.17, 15) is 18.0 Å². The van der Waals surface area contributed by atoms with E-state index in [0.717, 1.165) is 19.1 Å². The van der Waals surface area contributed by atoms with Gasteiger partial charge in [0.25, 0.3) is 10.1 Å². The lowest BCUT2D eigenvalue weighted by Crippen LogP contribution is -2.35. The smallest absolute Gasteiger partial charge is 0.421 e. The molecule has 0 unspecified atom stereocenters. The van der Waals surface area contributed by atoms with Gasteiger partial charge < -0.3 is 4.74 Å². The summed E-state index contributed by atoms with van der Waals surface area (Å²) in [6, 6.07) is 4.80. The van der Waals surface area contributed by atoms with Gasteiger partial charge in [-0.05, 0) is 25.1 Å². The second-order valence-corrected chi connectivity index (χ2v) is 4.95. The summed E-state index contributed by atoms with van der Waals surface area (Å²) < 4.78 is 35.6. The lowest BCUT2D eigenvalue weighted by atomic mass is 10.3. The number of imide groups is 1. The van der Waals surface area contributed by atoms with E-state index < -0.39 is 27.0 Å². The van der Waals surface area contributed by atoms with Crippen LogP contribution < -0.4 is 4.90 Å². The highest BCUT2D eigenvalue weighted by molar-refractivity contribution is 7.85. The van der Waals surface area contributed by atoms with Gasteiger partial charge in [0, 0.05) is 6.92 Å². The van der Waals surface area contributed by atoms with Gasteiger partial charge >= 0.3 is 6.09 Å². The summed E-state index contributed by atoms with van der Waals surface area (Å²) in [5.41, 5.74) is 0.000995. The summed E-state index contributed by atoms with van der Waals surface area (Å²) in [5.74, 6) is -0.633. The van der Waals surface area contributed by atoms with Crippen molar-refractivity contribution < 1.29 is 27.3 Å². The summed E-state index contributed by atoms with van der Waals surface area (Å²) in [4.78, 5) is 23.3. The van der Waals surface area contributed by atoms with E-state index in [4.69, 9.17) is 9.29 Å². The first-order chi connectivity index (χ1) is 8.77. The summed E-state index contributed by atoms with van der Waals surface area (Å²) in [7, 11) is -4.41. The van der Waals surface area contributed by atoms with Crippen molar-refractivity contribution in [2.45, 2.75) is 18.7 Å². The van der Waals surface area contributed by atoms with Crippen LogP contribution in [0, 0.1) is 0 Å². The molecule has 104 valence electrons. The third-order valence-electron chi connectivity index (χ3n) is 2.14. The molecule has 19 heavy (non-hydrogen) atoms. The molecule has 0 radical (unpaired) electrons. The Labute approximate surface area is 110 Å². The third-order valence-corrected chi connectivity index (χ3v) is 2.99. The molecule has 0 bridgehead atoms. The number of hydrogen-bond acceptors (Lipinski definition) is 5. The number of anilines is 1. The lowest BCUT2D eigenvalue weighted by Gasteiger charge is -2.18. The predicted octanol–water partition coefficient (Wildman–Crippen LogP) is 1.44. The molecule has 0 aliphatic rings. The molecule has 0 saturated heterocycles. The Hall–Kier alpha value is -1.93. The summed E-state index contributed by atoms with van der Waals surface area (Å²) in [6.07, 6.45) is -0.914. The van der Waals surface area contributed by atoms with Crippen LogP contribution in [0.25, 0.3) is 0 Å². The minimum Gasteiger partial charge on any atom is -0.449 e. The molecule has 7 nitrogen and oxygen atoms in total. The van der Waals surface area contributed by atoms with E-state index in [-0.39, 0.29) is 12.3 Å². The van der Waals surface area contributed by atoms with E-state index in [1.807, 2.05) is 0 Å². The maximum Gasteiger partial charge on any atom is 0.421 e. The first-order valence-electron chi connectivity index (χ1n) is 5.32. The zero-order valence-corrected chi connectivity index (χ0v) is 11.2. The quantitative estimate of drug-likeness (QED) is 0.844. The summed E-state index contributed by atoms with van der Waals surface area (Å²) in [6.45, 7) is 2.78. The Morgan fingerprint density at radius 1 is 1.37 bits per heavy atom. The molecule has 0 aliphatic heterocycles. The van der Waals surface area contributed by atoms with E-state index in [1.54, 1.807) is 6.92 Å². The van der Waals surface area contributed by atoms with Gasteiger partial charge in [0.2, 0.25) is 5.91 Å². The van der Waals surface area contributed by atoms with Gasteiger partial charge in [-0.25, -0.2) is 9.69 Å². The highest BCUT2D eigenvalue weighted by Crippen LogP contribution is 2.20. The Balaban J connectivity index is 3.25. The highest BCUT2D eigenvalue weighted by atomic mass is 32.2. The molecule has 0 spiro atoms. The molecule has 0 heterocycles. The van der Waals surface area contributed by atoms with E-state index in [1.165, 1.54) is 12.1 Å². The molecule has 1 aromatic rings. The van der Waals surface area contributed by atoms with E-state index in [0.29, 0.717) is 4.90 Å². The number of rotatable bonds is 3. The van der Waals surface area contributed by atoms with Gasteiger partial charge in [-0.15, -0.1) is 0 Å². The van der Waals surface area contributed by atoms with Crippen LogP contribution >= 0.6 is 0 Å². The second-order valence-electron chi connectivity index (χ2n) is 3.53. The van der Waals surface area contributed by atoms with Gasteiger partial charge in [0.05, 0.1) is 17.2 Å². The Bertz CT molecular complexity index is 595. The molecule has 8 heteroatoms. The number of hydrogen-bond donors (Lipinski definition) is 1. The molecule has 1 aromatic carbocycles. The van der Waals surface area contributed by atoms with Crippen molar-refractivity contribution in [2.75, 3.05) is 11.5 Å². The van der Waals surface area contributed by atoms with Crippen LogP contribution in [0.2, 0.25) is 0 Å². The van der Waals surface area contributed by atoms with Crippen molar-refractivity contribution in [3.05, 3.63) is 24.3 Å². The lowest BCUT2D eigenvalue weighted by molar-refractivity contribution is -0.116. The zero-order valence-electron chi connectivity index (χ0n) is 10.4. The van der Waals surface area contributed by atoms with Crippen LogP contribution in [-0.2, 0) is 19.6 Å². The van der Waals surface area contributed by atoms with Crippen molar-refractivity contribution in [2.24, 2.45) is 0 Å². The van der Waals surface area contributed by atoms with Crippen LogP contribution in [0.3, 0.4) is 0 Å². The summed E-state index contributed by atoms with van der Waals surface area (Å²) in [5, 5.41) is 0. The Morgan fingerprint density at radius 3 is 2.47 bits per heavy atom. The van der Waals surface area contributed by atoms with Crippen molar-refractivity contribution in [1.82, 2.24) is 0 Å². The second kappa shape index (κ2) is 5.81. The molecule has 0 fully saturated rings. The maximum atomic E-state index is 11.6. The van der Waals surface area contributed by atoms with Crippen LogP contribution in [0.5, 0.6) is 0 Å². The fraction of sp³-hybridized carbons (Fsp3) is 0.273. The first kappa shape index (κ1) is 15.1. The minimum absolute atomic E-state index is 0.000995. The van der Waals surface area contributed by atoms with Crippen molar-refractivity contribution >= 4 is 27.8 Å². The topological polar surface area (TPSA) is 101 Å². The number of ether oxygens (including phenoxy) is 1. The molecular formula is C11H13NO6S. The van der Waals surface area contributed by atoms with Crippen LogP contribution in [0.4, 0.5) is 10.5 Å². The maximum absolute atomic E-state index is 11.6. The number of amides is 2. The van der Waals surface area contributed by atoms with Crippen LogP contribution in [0.1, 0.15) is 13.8 Å². The third kappa shape index (κ3) is 3.76. The van der Waals surface area contributed by atoms with Crippen molar-refractivity contribution in [3.63, 3.8) is 0 Å². The van der Waals surface area contributed by atoms with Crippen molar-refractivity contribution in [1.29, 1.82) is 0 Å². The van der Waals surface area contributed by atoms with Gasteiger partial charge in [0.1, 0.15) is 0 Å². The molecule has 0 atom stereocenters. The van der Waals surface area contributed by atoms with E-state index >= 15 is 0 Å². The molecule has 0 aliphatic carbocycles. The molecule has 2 amide bonds. The predicted molar refractivity (Wildman–Crippen MR) is 66.4 cm³/mol. The summed E-state index contributed by atoms with van der Waals surface area (Å²) >= 11 is 0. The Morgan fingerprint density at radius 2 is 2.00 bits per heavy atom. The number of benzene rings is 1. The van der Waals surface area contributed by atoms with Gasteiger partial charge in [-0.1, -0.05) is 6.07 Å². The number of carbonyl (C=O) groups is 2. The van der Waals surface area contributed by atoms with Gasteiger partial charge in [-0.2, -0.15) is 8.42 Å². The largest absolute Gasteiger partial charge is 0.449 e. The molecule has 1 N–H and O–H groups in total. The first-order valence-corrected chi connectivity index (χ1v) is 6.76. The number of nitrogens with zero attached hydrogens (tertiary/aromatic N) is 1. The number of carbonyl (C=O) groups excluding carboxylic acids is 2. The van der Waals surface area contributed by atoms with Crippen molar-refractivity contribution in [3.8, 4) is 0 Å². The van der Waals surface area contributed by atoms with Gasteiger partial charge in [0.15, 0.2) is 0 Å². The standard InChI is InChI=1S/C11H13NO6S/c1-3-18-11(14)12(8(2)13)9-5-4-6-10(7-9)19(15,16)17/h4-7H,3H2,1-2H3,(H,15,16,17). The Kier molecular flexibility index (Phi) is 4.62. The fourth-order valence-electron chi connectivity index (χ4n) is 1.39. The van der Waals surface area contributed by atoms with E-state index in [2.05, 4.69) is 0 Å². The average Bonchev–Trinajstić information content (AvgIpc) is 2.28. The monoisotopic (exact) mass is 287 g/mol. The molecule has 1 rings (SSSR count). The van der Waals surface area contributed by atoms with Gasteiger partial charge in [-0.3, -0.25) is 9.35 Å². The molecule has 0 saturated carbocycles. The van der Waals surface area contributed by atoms with Crippen LogP contribution in [-0.4, -0.2) is 31.6 Å². The van der Waals surface area contributed by atoms with Crippen LogP contribution in [0.15, 0.2) is 29.2 Å². The normalized spacial score (nSPS) is 10.9. The zero-order chi connectivity index (χ0) is 14.6. The fourth-order valence-corrected chi connectivity index (χ4v) is 1.91. The SMILES string of the molecule is CCOC(=O)N(C(C)=O)c1cccc(S(=O)(=O)O)c1. The average molecular weight is 287 g/mol. The highest BCUT2D eigenvalue weighted by Gasteiger charge is 2.23. The molecular weight excluding hydrogens is 274 g/mol.